The molecule has 2 heteroatoms. The predicted octanol–water partition coefficient (Wildman–Crippen LogP) is 3.01. The first-order valence-corrected chi connectivity index (χ1v) is 7.00. The minimum absolute atomic E-state index is 0.395. The Hall–Kier alpha value is -0.0800. The smallest absolute Gasteiger partial charge is 0.0252 e. The maximum absolute atomic E-state index is 6.32. The number of nitrogens with two attached hydrogens (primary N) is 1. The standard InChI is InChI=1S/C14H30N2/c1-5-9-16(10-6-2)13-11-14(3,4)8-7-12(13)15/h12-13H,5-11,15H2,1-4H3. The SMILES string of the molecule is CCCN(CCC)C1CC(C)(C)CCC1N. The molecule has 1 aliphatic carbocycles. The van der Waals surface area contributed by atoms with Crippen molar-refractivity contribution >= 4 is 0 Å². The summed E-state index contributed by atoms with van der Waals surface area (Å²) in [6, 6.07) is 1.01. The van der Waals surface area contributed by atoms with Crippen molar-refractivity contribution in [3.05, 3.63) is 0 Å². The van der Waals surface area contributed by atoms with E-state index in [9.17, 15) is 0 Å². The highest BCUT2D eigenvalue weighted by molar-refractivity contribution is 4.92. The predicted molar refractivity (Wildman–Crippen MR) is 71.6 cm³/mol. The van der Waals surface area contributed by atoms with Gasteiger partial charge in [0.25, 0.3) is 0 Å². The van der Waals surface area contributed by atoms with Crippen LogP contribution in [-0.4, -0.2) is 30.1 Å². The molecule has 0 spiro atoms. The summed E-state index contributed by atoms with van der Waals surface area (Å²) in [7, 11) is 0. The average molecular weight is 226 g/mol. The highest BCUT2D eigenvalue weighted by Crippen LogP contribution is 2.36. The topological polar surface area (TPSA) is 29.3 Å². The third-order valence-corrected chi connectivity index (χ3v) is 3.90. The van der Waals surface area contributed by atoms with Gasteiger partial charge in [0.2, 0.25) is 0 Å². The van der Waals surface area contributed by atoms with Crippen molar-refractivity contribution in [3.8, 4) is 0 Å². The van der Waals surface area contributed by atoms with Gasteiger partial charge in [-0.2, -0.15) is 0 Å². The van der Waals surface area contributed by atoms with E-state index in [1.54, 1.807) is 0 Å². The van der Waals surface area contributed by atoms with E-state index in [2.05, 4.69) is 32.6 Å². The summed E-state index contributed by atoms with van der Waals surface area (Å²) in [4.78, 5) is 2.63. The van der Waals surface area contributed by atoms with Crippen LogP contribution in [0.1, 0.15) is 59.8 Å². The first-order chi connectivity index (χ1) is 7.50. The molecule has 2 N–H and O–H groups in total. The van der Waals surface area contributed by atoms with Crippen LogP contribution in [-0.2, 0) is 0 Å². The van der Waals surface area contributed by atoms with Crippen molar-refractivity contribution in [1.29, 1.82) is 0 Å². The van der Waals surface area contributed by atoms with Crippen LogP contribution in [0.3, 0.4) is 0 Å². The van der Waals surface area contributed by atoms with E-state index in [1.165, 1.54) is 45.2 Å². The van der Waals surface area contributed by atoms with Crippen molar-refractivity contribution in [3.63, 3.8) is 0 Å². The third kappa shape index (κ3) is 3.74. The maximum atomic E-state index is 6.32. The van der Waals surface area contributed by atoms with E-state index in [0.717, 1.165) is 0 Å². The molecule has 0 heterocycles. The van der Waals surface area contributed by atoms with E-state index in [1.807, 2.05) is 0 Å². The molecular weight excluding hydrogens is 196 g/mol. The zero-order valence-electron chi connectivity index (χ0n) is 11.6. The molecule has 0 saturated heterocycles. The Morgan fingerprint density at radius 3 is 2.25 bits per heavy atom. The second kappa shape index (κ2) is 6.02. The lowest BCUT2D eigenvalue weighted by atomic mass is 9.72. The molecule has 0 aromatic heterocycles. The second-order valence-electron chi connectivity index (χ2n) is 6.17. The normalized spacial score (nSPS) is 29.6. The first kappa shape index (κ1) is 14.0. The molecular formula is C14H30N2. The molecule has 0 radical (unpaired) electrons. The van der Waals surface area contributed by atoms with Gasteiger partial charge in [-0.25, -0.2) is 0 Å². The van der Waals surface area contributed by atoms with Crippen LogP contribution in [0, 0.1) is 5.41 Å². The van der Waals surface area contributed by atoms with Crippen LogP contribution in [0.2, 0.25) is 0 Å². The van der Waals surface area contributed by atoms with Crippen LogP contribution >= 0.6 is 0 Å². The minimum atomic E-state index is 0.395. The van der Waals surface area contributed by atoms with Crippen LogP contribution in [0.5, 0.6) is 0 Å². The van der Waals surface area contributed by atoms with Gasteiger partial charge in [0.1, 0.15) is 0 Å². The molecule has 96 valence electrons. The van der Waals surface area contributed by atoms with Gasteiger partial charge < -0.3 is 5.73 Å². The molecule has 1 aliphatic rings. The first-order valence-electron chi connectivity index (χ1n) is 7.00. The molecule has 1 fully saturated rings. The van der Waals surface area contributed by atoms with Gasteiger partial charge in [0, 0.05) is 12.1 Å². The van der Waals surface area contributed by atoms with Gasteiger partial charge in [-0.3, -0.25) is 4.90 Å². The lowest BCUT2D eigenvalue weighted by Crippen LogP contribution is -2.53. The average Bonchev–Trinajstić information content (AvgIpc) is 2.22. The highest BCUT2D eigenvalue weighted by Gasteiger charge is 2.35. The van der Waals surface area contributed by atoms with Crippen LogP contribution in [0.4, 0.5) is 0 Å². The van der Waals surface area contributed by atoms with E-state index in [0.29, 0.717) is 17.5 Å². The van der Waals surface area contributed by atoms with Gasteiger partial charge in [0.05, 0.1) is 0 Å². The summed E-state index contributed by atoms with van der Waals surface area (Å²) in [5.41, 5.74) is 6.81. The minimum Gasteiger partial charge on any atom is -0.326 e. The van der Waals surface area contributed by atoms with Gasteiger partial charge in [-0.1, -0.05) is 27.7 Å². The molecule has 0 amide bonds. The molecule has 16 heavy (non-hydrogen) atoms. The fraction of sp³-hybridized carbons (Fsp3) is 1.00. The fourth-order valence-electron chi connectivity index (χ4n) is 2.99. The quantitative estimate of drug-likeness (QED) is 0.781. The summed E-state index contributed by atoms with van der Waals surface area (Å²) >= 11 is 0. The molecule has 1 rings (SSSR count). The van der Waals surface area contributed by atoms with Crippen molar-refractivity contribution in [2.45, 2.75) is 71.9 Å². The number of nitrogens with zero attached hydrogens (tertiary/aromatic N) is 1. The molecule has 0 aliphatic heterocycles. The molecule has 0 bridgehead atoms. The van der Waals surface area contributed by atoms with Crippen LogP contribution in [0.25, 0.3) is 0 Å². The summed E-state index contributed by atoms with van der Waals surface area (Å²) in [6.45, 7) is 11.7. The molecule has 1 saturated carbocycles. The van der Waals surface area contributed by atoms with Crippen molar-refractivity contribution in [2.75, 3.05) is 13.1 Å². The summed E-state index contributed by atoms with van der Waals surface area (Å²) < 4.78 is 0. The summed E-state index contributed by atoms with van der Waals surface area (Å²) in [5, 5.41) is 0. The Bertz CT molecular complexity index is 195. The Morgan fingerprint density at radius 2 is 1.75 bits per heavy atom. The third-order valence-electron chi connectivity index (χ3n) is 3.90. The molecule has 2 unspecified atom stereocenters. The molecule has 2 nitrogen and oxygen atoms in total. The molecule has 2 atom stereocenters. The molecule has 0 aromatic carbocycles. The van der Waals surface area contributed by atoms with Crippen molar-refractivity contribution < 1.29 is 0 Å². The Morgan fingerprint density at radius 1 is 1.19 bits per heavy atom. The summed E-state index contributed by atoms with van der Waals surface area (Å²) in [6.07, 6.45) is 6.24. The zero-order valence-corrected chi connectivity index (χ0v) is 11.6. The Kier molecular flexibility index (Phi) is 5.26. The number of hydrogen-bond donors (Lipinski definition) is 1. The van der Waals surface area contributed by atoms with Crippen molar-refractivity contribution in [2.24, 2.45) is 11.1 Å². The Balaban J connectivity index is 2.64. The van der Waals surface area contributed by atoms with Crippen LogP contribution < -0.4 is 5.73 Å². The highest BCUT2D eigenvalue weighted by atomic mass is 15.2. The number of rotatable bonds is 5. The van der Waals surface area contributed by atoms with Gasteiger partial charge in [-0.05, 0) is 50.6 Å². The van der Waals surface area contributed by atoms with E-state index in [-0.39, 0.29) is 0 Å². The van der Waals surface area contributed by atoms with Crippen molar-refractivity contribution in [1.82, 2.24) is 4.90 Å². The van der Waals surface area contributed by atoms with E-state index < -0.39 is 0 Å². The van der Waals surface area contributed by atoms with E-state index in [4.69, 9.17) is 5.73 Å². The van der Waals surface area contributed by atoms with Crippen LogP contribution in [0.15, 0.2) is 0 Å². The lowest BCUT2D eigenvalue weighted by Gasteiger charge is -2.44. The van der Waals surface area contributed by atoms with Gasteiger partial charge in [0.15, 0.2) is 0 Å². The number of hydrogen-bond acceptors (Lipinski definition) is 2. The lowest BCUT2D eigenvalue weighted by molar-refractivity contribution is 0.0775. The maximum Gasteiger partial charge on any atom is 0.0252 e. The fourth-order valence-corrected chi connectivity index (χ4v) is 2.99. The second-order valence-corrected chi connectivity index (χ2v) is 6.17. The van der Waals surface area contributed by atoms with Gasteiger partial charge >= 0.3 is 0 Å². The van der Waals surface area contributed by atoms with Gasteiger partial charge in [-0.15, -0.1) is 0 Å². The summed E-state index contributed by atoms with van der Waals surface area (Å²) in [5.74, 6) is 0. The Labute approximate surface area is 102 Å². The zero-order chi connectivity index (χ0) is 12.2. The monoisotopic (exact) mass is 226 g/mol. The molecule has 0 aromatic rings. The largest absolute Gasteiger partial charge is 0.326 e. The van der Waals surface area contributed by atoms with E-state index >= 15 is 0 Å².